The summed E-state index contributed by atoms with van der Waals surface area (Å²) < 4.78 is 0. The molecule has 0 N–H and O–H groups in total. The minimum Gasteiger partial charge on any atom is -0.339 e. The van der Waals surface area contributed by atoms with E-state index in [-0.39, 0.29) is 30.6 Å². The summed E-state index contributed by atoms with van der Waals surface area (Å²) in [6, 6.07) is 18.1. The van der Waals surface area contributed by atoms with Crippen LogP contribution in [0.2, 0.25) is 0 Å². The van der Waals surface area contributed by atoms with Gasteiger partial charge in [0.25, 0.3) is 0 Å². The molecule has 26 heavy (non-hydrogen) atoms. The van der Waals surface area contributed by atoms with Crippen molar-refractivity contribution in [2.45, 2.75) is 25.8 Å². The molecule has 1 atom stereocenters. The van der Waals surface area contributed by atoms with Gasteiger partial charge in [-0.25, -0.2) is 0 Å². The molecule has 1 aliphatic rings. The molecule has 2 aromatic carbocycles. The van der Waals surface area contributed by atoms with Crippen molar-refractivity contribution in [3.8, 4) is 0 Å². The SMILES string of the molecule is Cc1ccccc1C(=O)CCC(=O)N1CCN(C)C(c2ccccc2)C1. The number of Topliss-reactive ketones (excluding diaryl/α,β-unsaturated/α-hetero) is 1. The molecular formula is C22H26N2O2. The molecule has 1 aliphatic heterocycles. The average Bonchev–Trinajstić information content (AvgIpc) is 2.67. The Bertz CT molecular complexity index is 773. The first-order valence-corrected chi connectivity index (χ1v) is 9.18. The van der Waals surface area contributed by atoms with Gasteiger partial charge < -0.3 is 4.90 Å². The second kappa shape index (κ2) is 8.28. The number of hydrogen-bond acceptors (Lipinski definition) is 3. The van der Waals surface area contributed by atoms with Crippen molar-refractivity contribution in [1.29, 1.82) is 0 Å². The lowest BCUT2D eigenvalue weighted by atomic mass is 10.0. The third-order valence-electron chi connectivity index (χ3n) is 5.20. The maximum Gasteiger partial charge on any atom is 0.223 e. The standard InChI is InChI=1S/C22H26N2O2/c1-17-8-6-7-11-19(17)21(25)12-13-22(26)24-15-14-23(2)20(16-24)18-9-4-3-5-10-18/h3-11,20H,12-16H2,1-2H3. The maximum absolute atomic E-state index is 12.7. The summed E-state index contributed by atoms with van der Waals surface area (Å²) in [7, 11) is 2.10. The number of nitrogens with zero attached hydrogens (tertiary/aromatic N) is 2. The van der Waals surface area contributed by atoms with Crippen LogP contribution in [0.3, 0.4) is 0 Å². The summed E-state index contributed by atoms with van der Waals surface area (Å²) >= 11 is 0. The number of benzene rings is 2. The lowest BCUT2D eigenvalue weighted by Gasteiger charge is -2.39. The van der Waals surface area contributed by atoms with E-state index in [4.69, 9.17) is 0 Å². The highest BCUT2D eigenvalue weighted by molar-refractivity contribution is 5.99. The second-order valence-electron chi connectivity index (χ2n) is 6.98. The Morgan fingerprint density at radius 3 is 2.38 bits per heavy atom. The molecule has 0 radical (unpaired) electrons. The van der Waals surface area contributed by atoms with Crippen LogP contribution in [0, 0.1) is 6.92 Å². The van der Waals surface area contributed by atoms with E-state index in [0.717, 1.165) is 24.2 Å². The Kier molecular flexibility index (Phi) is 5.84. The molecule has 0 bridgehead atoms. The van der Waals surface area contributed by atoms with E-state index >= 15 is 0 Å². The molecule has 0 aliphatic carbocycles. The van der Waals surface area contributed by atoms with Crippen LogP contribution in [0.15, 0.2) is 54.6 Å². The third kappa shape index (κ3) is 4.20. The highest BCUT2D eigenvalue weighted by Gasteiger charge is 2.28. The maximum atomic E-state index is 12.7. The molecule has 1 heterocycles. The van der Waals surface area contributed by atoms with Crippen molar-refractivity contribution in [3.05, 3.63) is 71.3 Å². The highest BCUT2D eigenvalue weighted by atomic mass is 16.2. The number of rotatable bonds is 5. The number of likely N-dealkylation sites (N-methyl/N-ethyl adjacent to an activating group) is 1. The fraction of sp³-hybridized carbons (Fsp3) is 0.364. The molecule has 0 spiro atoms. The van der Waals surface area contributed by atoms with Gasteiger partial charge in [0.2, 0.25) is 5.91 Å². The van der Waals surface area contributed by atoms with E-state index in [1.165, 1.54) is 5.56 Å². The molecule has 1 saturated heterocycles. The van der Waals surface area contributed by atoms with Crippen LogP contribution in [0.4, 0.5) is 0 Å². The Morgan fingerprint density at radius 1 is 0.962 bits per heavy atom. The molecule has 0 aromatic heterocycles. The topological polar surface area (TPSA) is 40.6 Å². The van der Waals surface area contributed by atoms with Crippen molar-refractivity contribution in [3.63, 3.8) is 0 Å². The highest BCUT2D eigenvalue weighted by Crippen LogP contribution is 2.24. The van der Waals surface area contributed by atoms with E-state index < -0.39 is 0 Å². The van der Waals surface area contributed by atoms with Gasteiger partial charge in [0.05, 0.1) is 6.04 Å². The molecule has 136 valence electrons. The van der Waals surface area contributed by atoms with Crippen molar-refractivity contribution in [2.75, 3.05) is 26.7 Å². The first kappa shape index (κ1) is 18.3. The molecule has 4 heteroatoms. The van der Waals surface area contributed by atoms with E-state index in [0.29, 0.717) is 6.54 Å². The van der Waals surface area contributed by atoms with E-state index in [2.05, 4.69) is 24.1 Å². The van der Waals surface area contributed by atoms with Gasteiger partial charge in [-0.1, -0.05) is 54.6 Å². The number of aryl methyl sites for hydroxylation is 1. The summed E-state index contributed by atoms with van der Waals surface area (Å²) in [5, 5.41) is 0. The average molecular weight is 350 g/mol. The Labute approximate surface area is 155 Å². The number of amides is 1. The van der Waals surface area contributed by atoms with Crippen molar-refractivity contribution in [1.82, 2.24) is 9.80 Å². The lowest BCUT2D eigenvalue weighted by molar-refractivity contribution is -0.134. The molecule has 0 saturated carbocycles. The summed E-state index contributed by atoms with van der Waals surface area (Å²) in [5.41, 5.74) is 2.91. The van der Waals surface area contributed by atoms with Gasteiger partial charge in [0.1, 0.15) is 0 Å². The van der Waals surface area contributed by atoms with Gasteiger partial charge in [-0.15, -0.1) is 0 Å². The number of carbonyl (C=O) groups excluding carboxylic acids is 2. The van der Waals surface area contributed by atoms with Crippen molar-refractivity contribution < 1.29 is 9.59 Å². The fourth-order valence-electron chi connectivity index (χ4n) is 3.53. The number of ketones is 1. The molecule has 1 amide bonds. The minimum atomic E-state index is 0.0465. The lowest BCUT2D eigenvalue weighted by Crippen LogP contribution is -2.49. The molecular weight excluding hydrogens is 324 g/mol. The van der Waals surface area contributed by atoms with Crippen molar-refractivity contribution >= 4 is 11.7 Å². The van der Waals surface area contributed by atoms with Crippen LogP contribution in [0.25, 0.3) is 0 Å². The summed E-state index contributed by atoms with van der Waals surface area (Å²) in [4.78, 5) is 29.3. The molecule has 4 nitrogen and oxygen atoms in total. The van der Waals surface area contributed by atoms with Gasteiger partial charge in [-0.2, -0.15) is 0 Å². The van der Waals surface area contributed by atoms with E-state index in [9.17, 15) is 9.59 Å². The predicted molar refractivity (Wildman–Crippen MR) is 103 cm³/mol. The molecule has 2 aromatic rings. The van der Waals surface area contributed by atoms with Gasteiger partial charge in [-0.05, 0) is 25.1 Å². The van der Waals surface area contributed by atoms with Crippen LogP contribution < -0.4 is 0 Å². The smallest absolute Gasteiger partial charge is 0.223 e. The van der Waals surface area contributed by atoms with Gasteiger partial charge in [-0.3, -0.25) is 14.5 Å². The largest absolute Gasteiger partial charge is 0.339 e. The normalized spacial score (nSPS) is 17.9. The Morgan fingerprint density at radius 2 is 1.65 bits per heavy atom. The van der Waals surface area contributed by atoms with Gasteiger partial charge >= 0.3 is 0 Å². The summed E-state index contributed by atoms with van der Waals surface area (Å²) in [5.74, 6) is 0.117. The zero-order valence-electron chi connectivity index (χ0n) is 15.5. The minimum absolute atomic E-state index is 0.0465. The van der Waals surface area contributed by atoms with E-state index in [1.54, 1.807) is 0 Å². The summed E-state index contributed by atoms with van der Waals surface area (Å²) in [6.45, 7) is 4.17. The van der Waals surface area contributed by atoms with Crippen LogP contribution in [-0.2, 0) is 4.79 Å². The number of piperazine rings is 1. The molecule has 3 rings (SSSR count). The number of hydrogen-bond donors (Lipinski definition) is 0. The van der Waals surface area contributed by atoms with Gasteiger partial charge in [0.15, 0.2) is 5.78 Å². The monoisotopic (exact) mass is 350 g/mol. The second-order valence-corrected chi connectivity index (χ2v) is 6.98. The quantitative estimate of drug-likeness (QED) is 0.775. The van der Waals surface area contributed by atoms with Crippen molar-refractivity contribution in [2.24, 2.45) is 0 Å². The zero-order chi connectivity index (χ0) is 18.5. The van der Waals surface area contributed by atoms with Crippen LogP contribution >= 0.6 is 0 Å². The number of carbonyl (C=O) groups is 2. The first-order valence-electron chi connectivity index (χ1n) is 9.18. The van der Waals surface area contributed by atoms with Crippen LogP contribution in [0.5, 0.6) is 0 Å². The molecule has 1 fully saturated rings. The predicted octanol–water partition coefficient (Wildman–Crippen LogP) is 3.47. The Hall–Kier alpha value is -2.46. The first-order chi connectivity index (χ1) is 12.6. The molecule has 1 unspecified atom stereocenters. The summed E-state index contributed by atoms with van der Waals surface area (Å²) in [6.07, 6.45) is 0.546. The zero-order valence-corrected chi connectivity index (χ0v) is 15.5. The Balaban J connectivity index is 1.59. The van der Waals surface area contributed by atoms with E-state index in [1.807, 2.05) is 54.3 Å². The third-order valence-corrected chi connectivity index (χ3v) is 5.20. The fourth-order valence-corrected chi connectivity index (χ4v) is 3.53. The van der Waals surface area contributed by atoms with Crippen LogP contribution in [-0.4, -0.2) is 48.2 Å². The van der Waals surface area contributed by atoms with Gasteiger partial charge in [0, 0.05) is 38.0 Å². The van der Waals surface area contributed by atoms with Crippen LogP contribution in [0.1, 0.15) is 40.4 Å².